The molecule has 1 atom stereocenters. The van der Waals surface area contributed by atoms with Crippen molar-refractivity contribution in [1.29, 1.82) is 0 Å². The van der Waals surface area contributed by atoms with Crippen molar-refractivity contribution < 1.29 is 22.7 Å². The Morgan fingerprint density at radius 1 is 1.12 bits per heavy atom. The smallest absolute Gasteiger partial charge is 0.328 e. The second-order valence-corrected chi connectivity index (χ2v) is 7.52. The van der Waals surface area contributed by atoms with Crippen LogP contribution in [0.25, 0.3) is 0 Å². The standard InChI is InChI=1S/C19H21NO5S/c1-4-25-19(22)18(16-7-5-6-15(12-16)14(3)21)20-26(23,24)17-10-8-13(2)9-11-17/h5-12,18,20H,4H2,1-3H3. The number of ketones is 1. The summed E-state index contributed by atoms with van der Waals surface area (Å²) in [5.74, 6) is -0.917. The molecule has 0 saturated carbocycles. The van der Waals surface area contributed by atoms with E-state index in [1.807, 2.05) is 6.92 Å². The van der Waals surface area contributed by atoms with Gasteiger partial charge in [0, 0.05) is 5.56 Å². The number of esters is 1. The molecule has 0 aliphatic heterocycles. The molecule has 26 heavy (non-hydrogen) atoms. The number of nitrogens with one attached hydrogen (secondary N) is 1. The second-order valence-electron chi connectivity index (χ2n) is 5.80. The number of sulfonamides is 1. The van der Waals surface area contributed by atoms with Crippen molar-refractivity contribution in [2.24, 2.45) is 0 Å². The normalized spacial score (nSPS) is 12.4. The number of ether oxygens (including phenoxy) is 1. The van der Waals surface area contributed by atoms with Crippen LogP contribution in [0.2, 0.25) is 0 Å². The molecule has 0 bridgehead atoms. The largest absolute Gasteiger partial charge is 0.465 e. The molecule has 6 nitrogen and oxygen atoms in total. The monoisotopic (exact) mass is 375 g/mol. The summed E-state index contributed by atoms with van der Waals surface area (Å²) in [5, 5.41) is 0. The lowest BCUT2D eigenvalue weighted by atomic mass is 10.0. The minimum absolute atomic E-state index is 0.0418. The molecule has 0 heterocycles. The maximum Gasteiger partial charge on any atom is 0.328 e. The first-order chi connectivity index (χ1) is 12.2. The molecule has 0 saturated heterocycles. The average molecular weight is 375 g/mol. The Kier molecular flexibility index (Phi) is 6.28. The van der Waals surface area contributed by atoms with Gasteiger partial charge in [-0.05, 0) is 44.5 Å². The number of rotatable bonds is 7. The fourth-order valence-electron chi connectivity index (χ4n) is 2.36. The molecule has 0 aliphatic rings. The van der Waals surface area contributed by atoms with Crippen LogP contribution in [0.4, 0.5) is 0 Å². The summed E-state index contributed by atoms with van der Waals surface area (Å²) in [6.07, 6.45) is 0. The van der Waals surface area contributed by atoms with Gasteiger partial charge in [-0.1, -0.05) is 35.9 Å². The van der Waals surface area contributed by atoms with Gasteiger partial charge in [-0.3, -0.25) is 4.79 Å². The summed E-state index contributed by atoms with van der Waals surface area (Å²) < 4.78 is 32.7. The van der Waals surface area contributed by atoms with E-state index in [1.165, 1.54) is 25.1 Å². The van der Waals surface area contributed by atoms with Crippen LogP contribution < -0.4 is 4.72 Å². The number of benzene rings is 2. The first-order valence-corrected chi connectivity index (χ1v) is 9.59. The summed E-state index contributed by atoms with van der Waals surface area (Å²) in [5.41, 5.74) is 1.64. The molecule has 138 valence electrons. The van der Waals surface area contributed by atoms with Gasteiger partial charge in [-0.2, -0.15) is 4.72 Å². The Morgan fingerprint density at radius 3 is 2.35 bits per heavy atom. The highest BCUT2D eigenvalue weighted by molar-refractivity contribution is 7.89. The van der Waals surface area contributed by atoms with Crippen molar-refractivity contribution in [1.82, 2.24) is 4.72 Å². The highest BCUT2D eigenvalue weighted by atomic mass is 32.2. The predicted molar refractivity (Wildman–Crippen MR) is 97.3 cm³/mol. The van der Waals surface area contributed by atoms with Crippen molar-refractivity contribution in [3.05, 3.63) is 65.2 Å². The molecule has 0 aliphatic carbocycles. The Labute approximate surface area is 153 Å². The first kappa shape index (κ1) is 19.8. The van der Waals surface area contributed by atoms with Gasteiger partial charge in [0.05, 0.1) is 11.5 Å². The van der Waals surface area contributed by atoms with Crippen molar-refractivity contribution >= 4 is 21.8 Å². The molecule has 2 aromatic rings. The number of Topliss-reactive ketones (excluding diaryl/α,β-unsaturated/α-hetero) is 1. The molecular weight excluding hydrogens is 354 g/mol. The van der Waals surface area contributed by atoms with Gasteiger partial charge in [0.1, 0.15) is 6.04 Å². The molecule has 7 heteroatoms. The van der Waals surface area contributed by atoms with E-state index in [1.54, 1.807) is 37.3 Å². The van der Waals surface area contributed by atoms with E-state index in [4.69, 9.17) is 4.74 Å². The minimum Gasteiger partial charge on any atom is -0.465 e. The second kappa shape index (κ2) is 8.25. The third kappa shape index (κ3) is 4.77. The molecule has 0 radical (unpaired) electrons. The third-order valence-corrected chi connectivity index (χ3v) is 5.19. The van der Waals surface area contributed by atoms with Crippen molar-refractivity contribution in [2.75, 3.05) is 6.61 Å². The van der Waals surface area contributed by atoms with Gasteiger partial charge in [0.15, 0.2) is 5.78 Å². The number of carbonyl (C=O) groups excluding carboxylic acids is 2. The summed E-state index contributed by atoms with van der Waals surface area (Å²) in [6.45, 7) is 4.98. The van der Waals surface area contributed by atoms with Crippen LogP contribution in [0.3, 0.4) is 0 Å². The highest BCUT2D eigenvalue weighted by Crippen LogP contribution is 2.21. The van der Waals surface area contributed by atoms with E-state index in [0.29, 0.717) is 11.1 Å². The zero-order chi connectivity index (χ0) is 19.3. The maximum atomic E-state index is 12.7. The molecular formula is C19H21NO5S. The third-order valence-electron chi connectivity index (χ3n) is 3.75. The lowest BCUT2D eigenvalue weighted by Crippen LogP contribution is -2.35. The summed E-state index contributed by atoms with van der Waals surface area (Å²) in [4.78, 5) is 24.0. The summed E-state index contributed by atoms with van der Waals surface area (Å²) in [6, 6.07) is 11.3. The first-order valence-electron chi connectivity index (χ1n) is 8.11. The fraction of sp³-hybridized carbons (Fsp3) is 0.263. The van der Waals surface area contributed by atoms with E-state index < -0.39 is 22.0 Å². The summed E-state index contributed by atoms with van der Waals surface area (Å²) in [7, 11) is -3.96. The SMILES string of the molecule is CCOC(=O)C(NS(=O)(=O)c1ccc(C)cc1)c1cccc(C(C)=O)c1. The Bertz CT molecular complexity index is 904. The van der Waals surface area contributed by atoms with Gasteiger partial charge in [0.2, 0.25) is 10.0 Å². The van der Waals surface area contributed by atoms with Crippen LogP contribution >= 0.6 is 0 Å². The molecule has 1 N–H and O–H groups in total. The fourth-order valence-corrected chi connectivity index (χ4v) is 3.53. The van der Waals surface area contributed by atoms with Crippen molar-refractivity contribution in [2.45, 2.75) is 31.7 Å². The van der Waals surface area contributed by atoms with E-state index in [0.717, 1.165) is 5.56 Å². The van der Waals surface area contributed by atoms with Gasteiger partial charge in [-0.15, -0.1) is 0 Å². The number of carbonyl (C=O) groups is 2. The zero-order valence-electron chi connectivity index (χ0n) is 14.9. The molecule has 2 aromatic carbocycles. The Hall–Kier alpha value is -2.51. The molecule has 0 fully saturated rings. The van der Waals surface area contributed by atoms with Gasteiger partial charge >= 0.3 is 5.97 Å². The van der Waals surface area contributed by atoms with Crippen LogP contribution in [0.1, 0.15) is 41.4 Å². The van der Waals surface area contributed by atoms with E-state index in [9.17, 15) is 18.0 Å². The van der Waals surface area contributed by atoms with Crippen LogP contribution in [-0.2, 0) is 19.6 Å². The highest BCUT2D eigenvalue weighted by Gasteiger charge is 2.28. The van der Waals surface area contributed by atoms with E-state index in [2.05, 4.69) is 4.72 Å². The molecule has 2 rings (SSSR count). The van der Waals surface area contributed by atoms with Crippen molar-refractivity contribution in [3.63, 3.8) is 0 Å². The number of hydrogen-bond donors (Lipinski definition) is 1. The van der Waals surface area contributed by atoms with Crippen LogP contribution in [0, 0.1) is 6.92 Å². The quantitative estimate of drug-likeness (QED) is 0.594. The van der Waals surface area contributed by atoms with E-state index >= 15 is 0 Å². The predicted octanol–water partition coefficient (Wildman–Crippen LogP) is 2.78. The van der Waals surface area contributed by atoms with Gasteiger partial charge in [-0.25, -0.2) is 13.2 Å². The van der Waals surface area contributed by atoms with Gasteiger partial charge < -0.3 is 4.74 Å². The maximum absolute atomic E-state index is 12.7. The Morgan fingerprint density at radius 2 is 1.77 bits per heavy atom. The van der Waals surface area contributed by atoms with Crippen LogP contribution in [-0.4, -0.2) is 26.8 Å². The Balaban J connectivity index is 2.42. The van der Waals surface area contributed by atoms with Crippen LogP contribution in [0.15, 0.2) is 53.4 Å². The zero-order valence-corrected chi connectivity index (χ0v) is 15.7. The lowest BCUT2D eigenvalue weighted by Gasteiger charge is -2.18. The van der Waals surface area contributed by atoms with Crippen molar-refractivity contribution in [3.8, 4) is 0 Å². The topological polar surface area (TPSA) is 89.5 Å². The minimum atomic E-state index is -3.96. The number of aryl methyl sites for hydroxylation is 1. The lowest BCUT2D eigenvalue weighted by molar-refractivity contribution is -0.145. The van der Waals surface area contributed by atoms with Gasteiger partial charge in [0.25, 0.3) is 0 Å². The molecule has 0 spiro atoms. The molecule has 1 unspecified atom stereocenters. The summed E-state index contributed by atoms with van der Waals surface area (Å²) >= 11 is 0. The molecule has 0 aromatic heterocycles. The number of hydrogen-bond acceptors (Lipinski definition) is 5. The average Bonchev–Trinajstić information content (AvgIpc) is 2.60. The van der Waals surface area contributed by atoms with E-state index in [-0.39, 0.29) is 17.3 Å². The molecule has 0 amide bonds. The van der Waals surface area contributed by atoms with Crippen LogP contribution in [0.5, 0.6) is 0 Å².